The third-order valence-corrected chi connectivity index (χ3v) is 2.42. The van der Waals surface area contributed by atoms with E-state index in [4.69, 9.17) is 5.73 Å². The first-order valence-corrected chi connectivity index (χ1v) is 6.06. The molecule has 19 heavy (non-hydrogen) atoms. The molecular formula is C12H22ClF3N2O. The van der Waals surface area contributed by atoms with E-state index in [1.54, 1.807) is 0 Å². The van der Waals surface area contributed by atoms with Gasteiger partial charge < -0.3 is 10.6 Å². The first-order chi connectivity index (χ1) is 8.40. The van der Waals surface area contributed by atoms with Crippen LogP contribution < -0.4 is 5.73 Å². The van der Waals surface area contributed by atoms with Crippen molar-refractivity contribution in [2.75, 3.05) is 19.6 Å². The van der Waals surface area contributed by atoms with Crippen LogP contribution in [0.1, 0.15) is 32.1 Å². The van der Waals surface area contributed by atoms with E-state index in [1.807, 2.05) is 0 Å². The Morgan fingerprint density at radius 2 is 1.79 bits per heavy atom. The molecular weight excluding hydrogens is 281 g/mol. The molecule has 2 N–H and O–H groups in total. The van der Waals surface area contributed by atoms with Gasteiger partial charge in [0.25, 0.3) is 0 Å². The van der Waals surface area contributed by atoms with Gasteiger partial charge in [-0.05, 0) is 19.4 Å². The number of hydrogen-bond acceptors (Lipinski definition) is 2. The van der Waals surface area contributed by atoms with E-state index >= 15 is 0 Å². The van der Waals surface area contributed by atoms with E-state index in [1.165, 1.54) is 6.08 Å². The maximum atomic E-state index is 12.2. The first-order valence-electron chi connectivity index (χ1n) is 6.06. The average Bonchev–Trinajstić information content (AvgIpc) is 2.26. The molecule has 0 unspecified atom stereocenters. The van der Waals surface area contributed by atoms with Gasteiger partial charge in [0.2, 0.25) is 5.91 Å². The Labute approximate surface area is 118 Å². The van der Waals surface area contributed by atoms with Crippen LogP contribution in [-0.4, -0.2) is 36.6 Å². The van der Waals surface area contributed by atoms with Gasteiger partial charge in [-0.1, -0.05) is 18.9 Å². The van der Waals surface area contributed by atoms with Gasteiger partial charge in [-0.3, -0.25) is 4.79 Å². The predicted molar refractivity (Wildman–Crippen MR) is 72.2 cm³/mol. The summed E-state index contributed by atoms with van der Waals surface area (Å²) in [6, 6.07) is 0. The molecule has 114 valence electrons. The summed E-state index contributed by atoms with van der Waals surface area (Å²) in [5, 5.41) is 0. The van der Waals surface area contributed by atoms with Crippen LogP contribution in [0, 0.1) is 0 Å². The Kier molecular flexibility index (Phi) is 12.0. The van der Waals surface area contributed by atoms with Gasteiger partial charge in [0, 0.05) is 13.0 Å². The largest absolute Gasteiger partial charge is 0.406 e. The Hall–Kier alpha value is -0.750. The van der Waals surface area contributed by atoms with E-state index in [2.05, 4.69) is 6.58 Å². The third kappa shape index (κ3) is 12.0. The van der Waals surface area contributed by atoms with Crippen molar-refractivity contribution in [1.82, 2.24) is 4.90 Å². The molecule has 0 fully saturated rings. The van der Waals surface area contributed by atoms with Crippen LogP contribution in [-0.2, 0) is 4.79 Å². The number of carbonyl (C=O) groups is 1. The maximum Gasteiger partial charge on any atom is 0.406 e. The second-order valence-electron chi connectivity index (χ2n) is 4.13. The molecule has 0 spiro atoms. The maximum absolute atomic E-state index is 12.2. The summed E-state index contributed by atoms with van der Waals surface area (Å²) in [7, 11) is 0. The molecule has 0 aliphatic carbocycles. The van der Waals surface area contributed by atoms with Gasteiger partial charge in [0.15, 0.2) is 0 Å². The smallest absolute Gasteiger partial charge is 0.330 e. The highest BCUT2D eigenvalue weighted by molar-refractivity contribution is 5.85. The molecule has 0 radical (unpaired) electrons. The molecule has 0 aromatic carbocycles. The lowest BCUT2D eigenvalue weighted by Crippen LogP contribution is -2.38. The summed E-state index contributed by atoms with van der Waals surface area (Å²) in [6.45, 7) is 2.68. The topological polar surface area (TPSA) is 46.3 Å². The van der Waals surface area contributed by atoms with E-state index in [-0.39, 0.29) is 25.4 Å². The summed E-state index contributed by atoms with van der Waals surface area (Å²) in [6.07, 6.45) is 0.295. The van der Waals surface area contributed by atoms with Crippen molar-refractivity contribution >= 4 is 18.3 Å². The van der Waals surface area contributed by atoms with Crippen molar-refractivity contribution in [3.8, 4) is 0 Å². The number of halogens is 4. The predicted octanol–water partition coefficient (Wildman–Crippen LogP) is 2.89. The molecule has 0 rings (SSSR count). The number of unbranched alkanes of at least 4 members (excludes halogenated alkanes) is 3. The van der Waals surface area contributed by atoms with Gasteiger partial charge in [-0.25, -0.2) is 0 Å². The number of rotatable bonds is 9. The average molecular weight is 303 g/mol. The number of carbonyl (C=O) groups excluding carboxylic acids is 1. The Morgan fingerprint density at radius 3 is 2.26 bits per heavy atom. The fourth-order valence-electron chi connectivity index (χ4n) is 1.56. The molecule has 0 aliphatic heterocycles. The molecule has 0 bridgehead atoms. The second-order valence-corrected chi connectivity index (χ2v) is 4.13. The standard InChI is InChI=1S/C12H21F3N2O.ClH/c1-2-9-17(10-12(13,14)15)11(18)7-5-3-4-6-8-16;/h2H,1,3-10,16H2;1H. The number of alkyl halides is 3. The molecule has 0 aromatic rings. The molecule has 0 atom stereocenters. The minimum Gasteiger partial charge on any atom is -0.330 e. The number of amides is 1. The molecule has 7 heteroatoms. The van der Waals surface area contributed by atoms with Crippen LogP contribution in [0.25, 0.3) is 0 Å². The second kappa shape index (κ2) is 11.1. The van der Waals surface area contributed by atoms with Gasteiger partial charge in [-0.2, -0.15) is 13.2 Å². The molecule has 0 heterocycles. The lowest BCUT2D eigenvalue weighted by molar-refractivity contribution is -0.160. The minimum absolute atomic E-state index is 0. The van der Waals surface area contributed by atoms with Crippen LogP contribution in [0.3, 0.4) is 0 Å². The van der Waals surface area contributed by atoms with Crippen LogP contribution in [0.15, 0.2) is 12.7 Å². The molecule has 0 aliphatic rings. The van der Waals surface area contributed by atoms with Crippen LogP contribution in [0.4, 0.5) is 13.2 Å². The third-order valence-electron chi connectivity index (χ3n) is 2.42. The number of hydrogen-bond donors (Lipinski definition) is 1. The van der Waals surface area contributed by atoms with Crippen molar-refractivity contribution in [2.24, 2.45) is 5.73 Å². The van der Waals surface area contributed by atoms with Gasteiger partial charge in [0.1, 0.15) is 6.54 Å². The lowest BCUT2D eigenvalue weighted by Gasteiger charge is -2.22. The van der Waals surface area contributed by atoms with Crippen molar-refractivity contribution in [3.05, 3.63) is 12.7 Å². The molecule has 0 saturated heterocycles. The molecule has 3 nitrogen and oxygen atoms in total. The monoisotopic (exact) mass is 302 g/mol. The van der Waals surface area contributed by atoms with E-state index in [0.29, 0.717) is 13.0 Å². The van der Waals surface area contributed by atoms with Crippen LogP contribution in [0.2, 0.25) is 0 Å². The number of nitrogens with zero attached hydrogens (tertiary/aromatic N) is 1. The van der Waals surface area contributed by atoms with Gasteiger partial charge in [0.05, 0.1) is 0 Å². The zero-order chi connectivity index (χ0) is 14.0. The summed E-state index contributed by atoms with van der Waals surface area (Å²) >= 11 is 0. The lowest BCUT2D eigenvalue weighted by atomic mass is 10.1. The summed E-state index contributed by atoms with van der Waals surface area (Å²) < 4.78 is 36.7. The minimum atomic E-state index is -4.36. The molecule has 0 aromatic heterocycles. The van der Waals surface area contributed by atoms with Crippen LogP contribution >= 0.6 is 12.4 Å². The quantitative estimate of drug-likeness (QED) is 0.526. The number of nitrogens with two attached hydrogens (primary N) is 1. The SMILES string of the molecule is C=CCN(CC(F)(F)F)C(=O)CCCCCCN.Cl. The van der Waals surface area contributed by atoms with E-state index in [0.717, 1.165) is 24.2 Å². The summed E-state index contributed by atoms with van der Waals surface area (Å²) in [5.41, 5.74) is 5.32. The Morgan fingerprint density at radius 1 is 1.21 bits per heavy atom. The van der Waals surface area contributed by atoms with Crippen molar-refractivity contribution in [1.29, 1.82) is 0 Å². The fourth-order valence-corrected chi connectivity index (χ4v) is 1.56. The normalized spacial score (nSPS) is 10.7. The van der Waals surface area contributed by atoms with Gasteiger partial charge >= 0.3 is 6.18 Å². The highest BCUT2D eigenvalue weighted by Crippen LogP contribution is 2.17. The molecule has 1 amide bonds. The molecule has 0 saturated carbocycles. The Balaban J connectivity index is 0. The van der Waals surface area contributed by atoms with Crippen molar-refractivity contribution in [3.63, 3.8) is 0 Å². The van der Waals surface area contributed by atoms with Crippen molar-refractivity contribution < 1.29 is 18.0 Å². The van der Waals surface area contributed by atoms with Crippen molar-refractivity contribution in [2.45, 2.75) is 38.3 Å². The summed E-state index contributed by atoms with van der Waals surface area (Å²) in [4.78, 5) is 12.4. The zero-order valence-corrected chi connectivity index (χ0v) is 11.7. The first kappa shape index (κ1) is 20.6. The summed E-state index contributed by atoms with van der Waals surface area (Å²) in [5.74, 6) is -0.472. The van der Waals surface area contributed by atoms with E-state index < -0.39 is 18.6 Å². The fraction of sp³-hybridized carbons (Fsp3) is 0.750. The highest BCUT2D eigenvalue weighted by Gasteiger charge is 2.32. The highest BCUT2D eigenvalue weighted by atomic mass is 35.5. The zero-order valence-electron chi connectivity index (χ0n) is 10.9. The van der Waals surface area contributed by atoms with Crippen LogP contribution in [0.5, 0.6) is 0 Å². The van der Waals surface area contributed by atoms with E-state index in [9.17, 15) is 18.0 Å². The Bertz CT molecular complexity index is 260. The van der Waals surface area contributed by atoms with Gasteiger partial charge in [-0.15, -0.1) is 19.0 Å².